The fourth-order valence-corrected chi connectivity index (χ4v) is 2.68. The molecule has 0 spiro atoms. The van der Waals surface area contributed by atoms with Crippen molar-refractivity contribution >= 4 is 5.90 Å². The molecule has 0 aliphatic carbocycles. The van der Waals surface area contributed by atoms with Crippen molar-refractivity contribution in [3.63, 3.8) is 0 Å². The average Bonchev–Trinajstić information content (AvgIpc) is 2.87. The van der Waals surface area contributed by atoms with E-state index in [-0.39, 0.29) is 6.04 Å². The third-order valence-electron chi connectivity index (χ3n) is 3.81. The van der Waals surface area contributed by atoms with Crippen LogP contribution >= 0.6 is 0 Å². The van der Waals surface area contributed by atoms with Crippen molar-refractivity contribution in [1.82, 2.24) is 5.16 Å². The molecule has 3 rings (SSSR count). The number of aliphatic imine (C=N–C) groups is 1. The highest BCUT2D eigenvalue weighted by Crippen LogP contribution is 2.22. The molecular formula is C17H20N2O2. The summed E-state index contributed by atoms with van der Waals surface area (Å²) in [6.07, 6.45) is 5.13. The fraction of sp³-hybridized carbons (Fsp3) is 0.412. The molecule has 2 aromatic rings. The van der Waals surface area contributed by atoms with E-state index in [0.717, 1.165) is 48.6 Å². The van der Waals surface area contributed by atoms with Crippen LogP contribution in [0, 0.1) is 0 Å². The first kappa shape index (κ1) is 13.9. The van der Waals surface area contributed by atoms with Gasteiger partial charge in [-0.3, -0.25) is 4.99 Å². The molecule has 110 valence electrons. The van der Waals surface area contributed by atoms with E-state index in [0.29, 0.717) is 0 Å². The lowest BCUT2D eigenvalue weighted by molar-refractivity contribution is 0.368. The molecule has 4 nitrogen and oxygen atoms in total. The van der Waals surface area contributed by atoms with Crippen LogP contribution in [0.2, 0.25) is 0 Å². The van der Waals surface area contributed by atoms with Gasteiger partial charge >= 0.3 is 0 Å². The quantitative estimate of drug-likeness (QED) is 0.859. The Kier molecular flexibility index (Phi) is 4.34. The number of aromatic nitrogens is 1. The summed E-state index contributed by atoms with van der Waals surface area (Å²) in [5.74, 6) is 1.75. The highest BCUT2D eigenvalue weighted by atomic mass is 16.5. The van der Waals surface area contributed by atoms with Gasteiger partial charge in [0.25, 0.3) is 0 Å². The fourth-order valence-electron chi connectivity index (χ4n) is 2.68. The molecule has 0 bridgehead atoms. The lowest BCUT2D eigenvalue weighted by atomic mass is 10.1. The minimum atomic E-state index is 0.235. The van der Waals surface area contributed by atoms with E-state index in [4.69, 9.17) is 9.26 Å². The van der Waals surface area contributed by atoms with Crippen LogP contribution in [-0.2, 0) is 11.2 Å². The maximum absolute atomic E-state index is 5.47. The van der Waals surface area contributed by atoms with E-state index in [1.165, 1.54) is 6.42 Å². The third kappa shape index (κ3) is 3.51. The predicted molar refractivity (Wildman–Crippen MR) is 82.3 cm³/mol. The van der Waals surface area contributed by atoms with E-state index in [9.17, 15) is 0 Å². The second-order valence-corrected chi connectivity index (χ2v) is 5.38. The van der Waals surface area contributed by atoms with Crippen LogP contribution in [0.15, 0.2) is 45.9 Å². The normalized spacial score (nSPS) is 18.9. The Balaban J connectivity index is 1.72. The van der Waals surface area contributed by atoms with Crippen LogP contribution in [0.4, 0.5) is 0 Å². The zero-order valence-corrected chi connectivity index (χ0v) is 12.3. The summed E-state index contributed by atoms with van der Waals surface area (Å²) in [7, 11) is 1.70. The monoisotopic (exact) mass is 284 g/mol. The third-order valence-corrected chi connectivity index (χ3v) is 3.81. The molecule has 1 unspecified atom stereocenters. The zero-order chi connectivity index (χ0) is 14.5. The summed E-state index contributed by atoms with van der Waals surface area (Å²) in [6, 6.07) is 12.3. The summed E-state index contributed by atoms with van der Waals surface area (Å²) in [5.41, 5.74) is 1.96. The largest absolute Gasteiger partial charge is 0.484 e. The van der Waals surface area contributed by atoms with Crippen molar-refractivity contribution in [3.8, 4) is 11.3 Å². The van der Waals surface area contributed by atoms with Gasteiger partial charge in [-0.15, -0.1) is 0 Å². The number of benzene rings is 1. The minimum Gasteiger partial charge on any atom is -0.484 e. The Morgan fingerprint density at radius 2 is 2.10 bits per heavy atom. The molecule has 1 aliphatic heterocycles. The van der Waals surface area contributed by atoms with E-state index in [2.05, 4.69) is 10.1 Å². The van der Waals surface area contributed by atoms with Gasteiger partial charge in [0.05, 0.1) is 13.2 Å². The number of hydrogen-bond acceptors (Lipinski definition) is 4. The molecule has 0 saturated heterocycles. The summed E-state index contributed by atoms with van der Waals surface area (Å²) < 4.78 is 10.8. The molecule has 0 N–H and O–H groups in total. The number of ether oxygens (including phenoxy) is 1. The van der Waals surface area contributed by atoms with E-state index >= 15 is 0 Å². The Labute approximate surface area is 124 Å². The van der Waals surface area contributed by atoms with Gasteiger partial charge in [-0.25, -0.2) is 0 Å². The maximum Gasteiger partial charge on any atom is 0.183 e. The van der Waals surface area contributed by atoms with Gasteiger partial charge in [-0.1, -0.05) is 41.9 Å². The van der Waals surface area contributed by atoms with Gasteiger partial charge in [-0.05, 0) is 12.8 Å². The molecule has 1 aliphatic rings. The van der Waals surface area contributed by atoms with Gasteiger partial charge in [0.15, 0.2) is 5.90 Å². The SMILES string of the molecule is COC1=NC(Cc2cc(-c3ccccc3)no2)CCCC1. The molecule has 1 atom stereocenters. The first-order valence-electron chi connectivity index (χ1n) is 7.47. The van der Waals surface area contributed by atoms with Crippen LogP contribution in [-0.4, -0.2) is 24.2 Å². The summed E-state index contributed by atoms with van der Waals surface area (Å²) in [6.45, 7) is 0. The summed E-state index contributed by atoms with van der Waals surface area (Å²) in [4.78, 5) is 4.68. The molecule has 1 aromatic heterocycles. The van der Waals surface area contributed by atoms with Gasteiger partial charge in [0.1, 0.15) is 11.5 Å². The zero-order valence-electron chi connectivity index (χ0n) is 12.3. The van der Waals surface area contributed by atoms with Crippen molar-refractivity contribution in [2.75, 3.05) is 7.11 Å². The maximum atomic E-state index is 5.47. The first-order chi connectivity index (χ1) is 10.3. The molecule has 1 aromatic carbocycles. The van der Waals surface area contributed by atoms with E-state index in [1.54, 1.807) is 7.11 Å². The standard InChI is InChI=1S/C17H20N2O2/c1-20-17-10-6-5-9-14(18-17)11-15-12-16(19-21-15)13-7-3-2-4-8-13/h2-4,7-8,12,14H,5-6,9-11H2,1H3. The van der Waals surface area contributed by atoms with E-state index in [1.807, 2.05) is 36.4 Å². The van der Waals surface area contributed by atoms with Gasteiger partial charge < -0.3 is 9.26 Å². The smallest absolute Gasteiger partial charge is 0.183 e. The molecule has 0 fully saturated rings. The Morgan fingerprint density at radius 3 is 2.90 bits per heavy atom. The predicted octanol–water partition coefficient (Wildman–Crippen LogP) is 3.87. The van der Waals surface area contributed by atoms with Crippen molar-refractivity contribution in [3.05, 3.63) is 42.2 Å². The molecule has 4 heteroatoms. The van der Waals surface area contributed by atoms with Crippen LogP contribution in [0.1, 0.15) is 31.4 Å². The molecular weight excluding hydrogens is 264 g/mol. The van der Waals surface area contributed by atoms with Gasteiger partial charge in [-0.2, -0.15) is 0 Å². The second kappa shape index (κ2) is 6.57. The van der Waals surface area contributed by atoms with Gasteiger partial charge in [0.2, 0.25) is 0 Å². The number of nitrogens with zero attached hydrogens (tertiary/aromatic N) is 2. The number of methoxy groups -OCH3 is 1. The van der Waals surface area contributed by atoms with Crippen LogP contribution < -0.4 is 0 Å². The summed E-state index contributed by atoms with van der Waals surface area (Å²) >= 11 is 0. The second-order valence-electron chi connectivity index (χ2n) is 5.38. The Bertz CT molecular complexity index is 604. The van der Waals surface area contributed by atoms with Crippen molar-refractivity contribution in [2.24, 2.45) is 4.99 Å². The van der Waals surface area contributed by atoms with Crippen molar-refractivity contribution in [1.29, 1.82) is 0 Å². The first-order valence-corrected chi connectivity index (χ1v) is 7.47. The molecule has 21 heavy (non-hydrogen) atoms. The molecule has 2 heterocycles. The number of rotatable bonds is 3. The van der Waals surface area contributed by atoms with Crippen molar-refractivity contribution < 1.29 is 9.26 Å². The summed E-state index contributed by atoms with van der Waals surface area (Å²) in [5, 5.41) is 4.16. The highest BCUT2D eigenvalue weighted by Gasteiger charge is 2.17. The van der Waals surface area contributed by atoms with Crippen LogP contribution in [0.25, 0.3) is 11.3 Å². The lowest BCUT2D eigenvalue weighted by Gasteiger charge is -2.08. The minimum absolute atomic E-state index is 0.235. The average molecular weight is 284 g/mol. The van der Waals surface area contributed by atoms with Crippen LogP contribution in [0.5, 0.6) is 0 Å². The lowest BCUT2D eigenvalue weighted by Crippen LogP contribution is -2.10. The Hall–Kier alpha value is -2.10. The highest BCUT2D eigenvalue weighted by molar-refractivity contribution is 5.76. The number of hydrogen-bond donors (Lipinski definition) is 0. The van der Waals surface area contributed by atoms with Crippen molar-refractivity contribution in [2.45, 2.75) is 38.1 Å². The van der Waals surface area contributed by atoms with Gasteiger partial charge in [0, 0.05) is 24.5 Å². The molecule has 0 saturated carbocycles. The van der Waals surface area contributed by atoms with Crippen LogP contribution in [0.3, 0.4) is 0 Å². The Morgan fingerprint density at radius 1 is 1.24 bits per heavy atom. The molecule has 0 radical (unpaired) electrons. The van der Waals surface area contributed by atoms with E-state index < -0.39 is 0 Å². The topological polar surface area (TPSA) is 47.6 Å². The molecule has 0 amide bonds.